The number of benzene rings is 1. The minimum Gasteiger partial charge on any atom is -0.336 e. The van der Waals surface area contributed by atoms with Crippen LogP contribution in [-0.4, -0.2) is 62.7 Å². The van der Waals surface area contributed by atoms with Gasteiger partial charge < -0.3 is 9.80 Å². The molecular weight excluding hydrogens is 370 g/mol. The van der Waals surface area contributed by atoms with Gasteiger partial charge in [-0.1, -0.05) is 76.5 Å². The van der Waals surface area contributed by atoms with Gasteiger partial charge >= 0.3 is 0 Å². The molecule has 1 amide bonds. The van der Waals surface area contributed by atoms with Crippen molar-refractivity contribution in [3.05, 3.63) is 35.9 Å². The molecule has 1 atom stereocenters. The molecular formula is C26H48N3O+. The van der Waals surface area contributed by atoms with Crippen LogP contribution in [0.5, 0.6) is 0 Å². The first-order valence-electron chi connectivity index (χ1n) is 12.2. The highest BCUT2D eigenvalue weighted by Gasteiger charge is 2.21. The average molecular weight is 419 g/mol. The maximum Gasteiger partial charge on any atom is 0.252 e. The van der Waals surface area contributed by atoms with Gasteiger partial charge in [0.15, 0.2) is 0 Å². The summed E-state index contributed by atoms with van der Waals surface area (Å²) in [6.07, 6.45) is 14.8. The van der Waals surface area contributed by atoms with E-state index < -0.39 is 0 Å². The lowest BCUT2D eigenvalue weighted by Gasteiger charge is -2.33. The molecule has 1 N–H and O–H groups in total. The van der Waals surface area contributed by atoms with Crippen molar-refractivity contribution in [3.8, 4) is 0 Å². The topological polar surface area (TPSA) is 32.3 Å². The van der Waals surface area contributed by atoms with Crippen molar-refractivity contribution >= 4 is 5.91 Å². The molecule has 4 nitrogen and oxygen atoms in total. The predicted molar refractivity (Wildman–Crippen MR) is 130 cm³/mol. The average Bonchev–Trinajstić information content (AvgIpc) is 2.72. The van der Waals surface area contributed by atoms with Crippen molar-refractivity contribution in [2.24, 2.45) is 0 Å². The number of rotatable bonds is 17. The molecule has 0 aliphatic rings. The summed E-state index contributed by atoms with van der Waals surface area (Å²) < 4.78 is 1.02. The fourth-order valence-electron chi connectivity index (χ4n) is 3.89. The first kappa shape index (κ1) is 26.6. The molecule has 1 aromatic rings. The third-order valence-corrected chi connectivity index (χ3v) is 6.08. The molecule has 0 fully saturated rings. The van der Waals surface area contributed by atoms with Gasteiger partial charge in [0.05, 0.1) is 33.4 Å². The van der Waals surface area contributed by atoms with E-state index in [-0.39, 0.29) is 12.1 Å². The Morgan fingerprint density at radius 2 is 1.40 bits per heavy atom. The summed E-state index contributed by atoms with van der Waals surface area (Å²) in [5.41, 5.74) is 0.725. The first-order chi connectivity index (χ1) is 14.4. The number of nitrogens with one attached hydrogen (secondary N) is 1. The molecule has 172 valence electrons. The molecule has 0 radical (unpaired) electrons. The third-order valence-electron chi connectivity index (χ3n) is 6.08. The Kier molecular flexibility index (Phi) is 13.7. The number of amides is 1. The number of hydrogen-bond acceptors (Lipinski definition) is 2. The molecule has 30 heavy (non-hydrogen) atoms. The highest BCUT2D eigenvalue weighted by molar-refractivity contribution is 5.94. The largest absolute Gasteiger partial charge is 0.336 e. The lowest BCUT2D eigenvalue weighted by Crippen LogP contribution is -2.49. The van der Waals surface area contributed by atoms with E-state index in [0.29, 0.717) is 0 Å². The van der Waals surface area contributed by atoms with Gasteiger partial charge in [-0.25, -0.2) is 0 Å². The van der Waals surface area contributed by atoms with Gasteiger partial charge in [-0.15, -0.1) is 0 Å². The number of carbonyl (C=O) groups excluding carboxylic acids is 1. The minimum absolute atomic E-state index is 0.00861. The van der Waals surface area contributed by atoms with Crippen LogP contribution in [0.1, 0.15) is 87.9 Å². The Hall–Kier alpha value is -1.39. The minimum atomic E-state index is 0.00861. The molecule has 1 rings (SSSR count). The lowest BCUT2D eigenvalue weighted by atomic mass is 10.1. The van der Waals surface area contributed by atoms with Crippen molar-refractivity contribution in [1.82, 2.24) is 10.2 Å². The highest BCUT2D eigenvalue weighted by Crippen LogP contribution is 2.13. The van der Waals surface area contributed by atoms with Crippen LogP contribution in [0.15, 0.2) is 30.3 Å². The van der Waals surface area contributed by atoms with Crippen LogP contribution < -0.4 is 5.32 Å². The Morgan fingerprint density at radius 3 is 1.93 bits per heavy atom. The van der Waals surface area contributed by atoms with E-state index in [4.69, 9.17) is 0 Å². The van der Waals surface area contributed by atoms with Gasteiger partial charge in [0.2, 0.25) is 0 Å². The second-order valence-corrected chi connectivity index (χ2v) is 9.67. The number of carbonyl (C=O) groups is 1. The molecule has 0 spiro atoms. The summed E-state index contributed by atoms with van der Waals surface area (Å²) in [5, 5.41) is 3.19. The summed E-state index contributed by atoms with van der Waals surface area (Å²) in [6, 6.07) is 9.49. The molecule has 4 heteroatoms. The van der Waals surface area contributed by atoms with Crippen LogP contribution in [0, 0.1) is 0 Å². The van der Waals surface area contributed by atoms with Crippen LogP contribution in [0.2, 0.25) is 0 Å². The number of hydrogen-bond donors (Lipinski definition) is 1. The van der Waals surface area contributed by atoms with E-state index >= 15 is 0 Å². The van der Waals surface area contributed by atoms with Crippen molar-refractivity contribution in [2.75, 3.05) is 41.3 Å². The molecule has 0 bridgehead atoms. The molecule has 1 unspecified atom stereocenters. The second kappa shape index (κ2) is 15.4. The van der Waals surface area contributed by atoms with Crippen molar-refractivity contribution in [1.29, 1.82) is 0 Å². The van der Waals surface area contributed by atoms with Crippen LogP contribution in [-0.2, 0) is 0 Å². The Labute approximate surface area is 186 Å². The summed E-state index contributed by atoms with van der Waals surface area (Å²) >= 11 is 0. The van der Waals surface area contributed by atoms with E-state index in [1.807, 2.05) is 44.4 Å². The standard InChI is InChI=1S/C26H47N3O/c1-6-7-8-9-10-11-12-13-14-18-22-29(4,5)23-21-25(28(2)3)27-26(30)24-19-16-15-17-20-24/h15-17,19-20,25H,6-14,18,21-23H2,1-5H3/p+1. The fourth-order valence-corrected chi connectivity index (χ4v) is 3.89. The van der Waals surface area contributed by atoms with E-state index in [1.54, 1.807) is 0 Å². The van der Waals surface area contributed by atoms with E-state index in [2.05, 4.69) is 31.2 Å². The van der Waals surface area contributed by atoms with Gasteiger partial charge in [0.25, 0.3) is 5.91 Å². The van der Waals surface area contributed by atoms with Crippen molar-refractivity contribution < 1.29 is 9.28 Å². The maximum absolute atomic E-state index is 12.5. The Morgan fingerprint density at radius 1 is 0.867 bits per heavy atom. The summed E-state index contributed by atoms with van der Waals surface area (Å²) in [5.74, 6) is 0.00861. The number of unbranched alkanes of at least 4 members (excludes halogenated alkanes) is 9. The Balaban J connectivity index is 2.23. The van der Waals surface area contributed by atoms with Gasteiger partial charge in [-0.2, -0.15) is 0 Å². The maximum atomic E-state index is 12.5. The normalized spacial score (nSPS) is 12.9. The predicted octanol–water partition coefficient (Wildman–Crippen LogP) is 5.69. The van der Waals surface area contributed by atoms with Gasteiger partial charge in [0.1, 0.15) is 0 Å². The second-order valence-electron chi connectivity index (χ2n) is 9.67. The van der Waals surface area contributed by atoms with Crippen LogP contribution >= 0.6 is 0 Å². The SMILES string of the molecule is CCCCCCCCCCCC[N+](C)(C)CCC(NC(=O)c1ccccc1)N(C)C. The van der Waals surface area contributed by atoms with E-state index in [9.17, 15) is 4.79 Å². The molecule has 0 aliphatic carbocycles. The summed E-state index contributed by atoms with van der Waals surface area (Å²) in [4.78, 5) is 14.6. The molecule has 0 aliphatic heterocycles. The van der Waals surface area contributed by atoms with E-state index in [1.165, 1.54) is 70.8 Å². The fraction of sp³-hybridized carbons (Fsp3) is 0.731. The molecule has 0 saturated heterocycles. The highest BCUT2D eigenvalue weighted by atomic mass is 16.1. The van der Waals surface area contributed by atoms with Crippen LogP contribution in [0.4, 0.5) is 0 Å². The quantitative estimate of drug-likeness (QED) is 0.200. The summed E-state index contributed by atoms with van der Waals surface area (Å²) in [6.45, 7) is 4.56. The van der Waals surface area contributed by atoms with Crippen molar-refractivity contribution in [3.63, 3.8) is 0 Å². The zero-order valence-corrected chi connectivity index (χ0v) is 20.5. The monoisotopic (exact) mass is 418 g/mol. The van der Waals surface area contributed by atoms with Crippen LogP contribution in [0.25, 0.3) is 0 Å². The molecule has 0 heterocycles. The zero-order valence-electron chi connectivity index (χ0n) is 20.5. The molecule has 0 saturated carbocycles. The lowest BCUT2D eigenvalue weighted by molar-refractivity contribution is -0.891. The van der Waals surface area contributed by atoms with E-state index in [0.717, 1.165) is 23.0 Å². The van der Waals surface area contributed by atoms with Gasteiger partial charge in [-0.3, -0.25) is 9.69 Å². The number of quaternary nitrogens is 1. The molecule has 0 aromatic heterocycles. The molecule has 1 aromatic carbocycles. The smallest absolute Gasteiger partial charge is 0.252 e. The zero-order chi connectivity index (χ0) is 22.2. The third kappa shape index (κ3) is 12.3. The number of nitrogens with zero attached hydrogens (tertiary/aromatic N) is 2. The Bertz CT molecular complexity index is 557. The van der Waals surface area contributed by atoms with Gasteiger partial charge in [-0.05, 0) is 39.1 Å². The van der Waals surface area contributed by atoms with Crippen molar-refractivity contribution in [2.45, 2.75) is 83.7 Å². The summed E-state index contributed by atoms with van der Waals surface area (Å²) in [7, 11) is 8.72. The van der Waals surface area contributed by atoms with Gasteiger partial charge in [0, 0.05) is 12.0 Å². The van der Waals surface area contributed by atoms with Crippen LogP contribution in [0.3, 0.4) is 0 Å². The first-order valence-corrected chi connectivity index (χ1v) is 12.2.